The molecule has 0 unspecified atom stereocenters. The number of nitrogens with one attached hydrogen (secondary N) is 1. The molecule has 2 saturated heterocycles. The van der Waals surface area contributed by atoms with Crippen LogP contribution in [0.1, 0.15) is 52.7 Å². The zero-order valence-electron chi connectivity index (χ0n) is 22.6. The van der Waals surface area contributed by atoms with E-state index in [1.54, 1.807) is 12.1 Å². The van der Waals surface area contributed by atoms with Gasteiger partial charge in [-0.3, -0.25) is 9.69 Å². The van der Waals surface area contributed by atoms with E-state index in [4.69, 9.17) is 10.00 Å². The maximum Gasteiger partial charge on any atom is 0.416 e. The van der Waals surface area contributed by atoms with Crippen molar-refractivity contribution in [3.05, 3.63) is 89.1 Å². The molecule has 10 heteroatoms. The summed E-state index contributed by atoms with van der Waals surface area (Å²) in [6.07, 6.45) is 0.298. The summed E-state index contributed by atoms with van der Waals surface area (Å²) in [6, 6.07) is 18.5. The molecule has 2 fully saturated rings. The maximum atomic E-state index is 12.8. The Labute approximate surface area is 237 Å². The molecule has 0 aliphatic carbocycles. The minimum Gasteiger partial charge on any atom is -0.474 e. The van der Waals surface area contributed by atoms with Crippen LogP contribution in [0.2, 0.25) is 0 Å². The molecule has 5 rings (SSSR count). The Bertz CT molecular complexity index is 1340. The molecule has 1 aromatic heterocycles. The number of anilines is 1. The van der Waals surface area contributed by atoms with Crippen LogP contribution in [-0.4, -0.2) is 54.1 Å². The summed E-state index contributed by atoms with van der Waals surface area (Å²) < 4.78 is 44.5. The lowest BCUT2D eigenvalue weighted by Gasteiger charge is -2.33. The van der Waals surface area contributed by atoms with E-state index in [2.05, 4.69) is 26.2 Å². The smallest absolute Gasteiger partial charge is 0.416 e. The molecule has 0 radical (unpaired) electrons. The first kappa shape index (κ1) is 28.4. The van der Waals surface area contributed by atoms with Gasteiger partial charge in [-0.25, -0.2) is 4.98 Å². The van der Waals surface area contributed by atoms with Gasteiger partial charge in [0.15, 0.2) is 0 Å². The number of amides is 1. The predicted molar refractivity (Wildman–Crippen MR) is 148 cm³/mol. The molecular formula is C31H32F3N5O2. The fraction of sp³-hybridized carbons (Fsp3) is 0.387. The largest absolute Gasteiger partial charge is 0.474 e. The van der Waals surface area contributed by atoms with E-state index in [1.807, 2.05) is 24.3 Å². The Balaban J connectivity index is 1.04. The standard InChI is InChI=1S/C31H32F3N5O2/c32-31(33,34)25-6-8-27(9-7-25)39-17-13-28(14-18-39)41-29-10-5-24(20-36-29)30(40)37-26-11-15-38(16-12-26)21-23-3-1-22(19-35)2-4-23/h1-10,20,26,28H,11-18,21H2,(H,37,40). The van der Waals surface area contributed by atoms with Crippen LogP contribution in [0.5, 0.6) is 5.88 Å². The van der Waals surface area contributed by atoms with E-state index in [0.29, 0.717) is 30.1 Å². The Hall–Kier alpha value is -4.10. The first-order chi connectivity index (χ1) is 19.8. The van der Waals surface area contributed by atoms with Gasteiger partial charge in [-0.15, -0.1) is 0 Å². The zero-order chi connectivity index (χ0) is 28.8. The Kier molecular flexibility index (Phi) is 8.74. The number of carbonyl (C=O) groups excluding carboxylic acids is 1. The number of piperidine rings is 2. The number of alkyl halides is 3. The Morgan fingerprint density at radius 3 is 2.22 bits per heavy atom. The minimum atomic E-state index is -4.34. The average Bonchev–Trinajstić information content (AvgIpc) is 2.99. The van der Waals surface area contributed by atoms with Crippen molar-refractivity contribution in [1.82, 2.24) is 15.2 Å². The molecule has 1 amide bonds. The lowest BCUT2D eigenvalue weighted by molar-refractivity contribution is -0.137. The summed E-state index contributed by atoms with van der Waals surface area (Å²) in [5.74, 6) is 0.296. The van der Waals surface area contributed by atoms with Crippen LogP contribution in [0.25, 0.3) is 0 Å². The summed E-state index contributed by atoms with van der Waals surface area (Å²) in [5, 5.41) is 12.1. The lowest BCUT2D eigenvalue weighted by Crippen LogP contribution is -2.44. The van der Waals surface area contributed by atoms with Gasteiger partial charge in [0.2, 0.25) is 5.88 Å². The van der Waals surface area contributed by atoms with Gasteiger partial charge >= 0.3 is 6.18 Å². The number of carbonyl (C=O) groups is 1. The minimum absolute atomic E-state index is 0.0534. The molecule has 0 saturated carbocycles. The van der Waals surface area contributed by atoms with Crippen molar-refractivity contribution in [3.63, 3.8) is 0 Å². The van der Waals surface area contributed by atoms with Crippen LogP contribution in [0, 0.1) is 11.3 Å². The maximum absolute atomic E-state index is 12.8. The van der Waals surface area contributed by atoms with Gasteiger partial charge in [-0.2, -0.15) is 18.4 Å². The number of likely N-dealkylation sites (tertiary alicyclic amines) is 1. The lowest BCUT2D eigenvalue weighted by atomic mass is 10.0. The topological polar surface area (TPSA) is 81.5 Å². The second-order valence-corrected chi connectivity index (χ2v) is 10.6. The summed E-state index contributed by atoms with van der Waals surface area (Å²) in [4.78, 5) is 21.5. The third-order valence-electron chi connectivity index (χ3n) is 7.70. The fourth-order valence-electron chi connectivity index (χ4n) is 5.30. The highest BCUT2D eigenvalue weighted by molar-refractivity contribution is 5.94. The molecule has 2 aliphatic rings. The second kappa shape index (κ2) is 12.6. The molecule has 0 bridgehead atoms. The van der Waals surface area contributed by atoms with Crippen LogP contribution in [-0.2, 0) is 12.7 Å². The Morgan fingerprint density at radius 2 is 1.63 bits per heavy atom. The highest BCUT2D eigenvalue weighted by atomic mass is 19.4. The molecule has 41 heavy (non-hydrogen) atoms. The molecule has 2 aliphatic heterocycles. The number of hydrogen-bond donors (Lipinski definition) is 1. The number of nitriles is 1. The highest BCUT2D eigenvalue weighted by Gasteiger charge is 2.30. The first-order valence-electron chi connectivity index (χ1n) is 13.8. The van der Waals surface area contributed by atoms with Crippen LogP contribution >= 0.6 is 0 Å². The third kappa shape index (κ3) is 7.55. The van der Waals surface area contributed by atoms with Gasteiger partial charge in [0.25, 0.3) is 5.91 Å². The second-order valence-electron chi connectivity index (χ2n) is 10.6. The molecule has 0 spiro atoms. The molecule has 1 N–H and O–H groups in total. The third-order valence-corrected chi connectivity index (χ3v) is 7.70. The van der Waals surface area contributed by atoms with Crippen molar-refractivity contribution in [2.24, 2.45) is 0 Å². The number of ether oxygens (including phenoxy) is 1. The number of halogens is 3. The average molecular weight is 564 g/mol. The normalized spacial score (nSPS) is 17.2. The van der Waals surface area contributed by atoms with E-state index in [9.17, 15) is 18.0 Å². The summed E-state index contributed by atoms with van der Waals surface area (Å²) in [6.45, 7) is 3.93. The number of aromatic nitrogens is 1. The highest BCUT2D eigenvalue weighted by Crippen LogP contribution is 2.31. The van der Waals surface area contributed by atoms with Crippen LogP contribution in [0.15, 0.2) is 66.9 Å². The molecule has 3 heterocycles. The quantitative estimate of drug-likeness (QED) is 0.414. The van der Waals surface area contributed by atoms with Crippen molar-refractivity contribution in [2.45, 2.75) is 50.6 Å². The molecule has 2 aromatic carbocycles. The van der Waals surface area contributed by atoms with Crippen molar-refractivity contribution < 1.29 is 22.7 Å². The van der Waals surface area contributed by atoms with E-state index >= 15 is 0 Å². The van der Waals surface area contributed by atoms with Crippen molar-refractivity contribution in [1.29, 1.82) is 5.26 Å². The molecule has 0 atom stereocenters. The van der Waals surface area contributed by atoms with Crippen LogP contribution in [0.4, 0.5) is 18.9 Å². The predicted octanol–water partition coefficient (Wildman–Crippen LogP) is 5.41. The van der Waals surface area contributed by atoms with Crippen LogP contribution < -0.4 is 15.0 Å². The van der Waals surface area contributed by atoms with E-state index in [-0.39, 0.29) is 18.1 Å². The first-order valence-corrected chi connectivity index (χ1v) is 13.8. The number of pyridine rings is 1. The van der Waals surface area contributed by atoms with E-state index in [1.165, 1.54) is 23.9 Å². The summed E-state index contributed by atoms with van der Waals surface area (Å²) >= 11 is 0. The monoisotopic (exact) mass is 563 g/mol. The van der Waals surface area contributed by atoms with Crippen molar-refractivity contribution >= 4 is 11.6 Å². The van der Waals surface area contributed by atoms with Crippen LogP contribution in [0.3, 0.4) is 0 Å². The zero-order valence-corrected chi connectivity index (χ0v) is 22.6. The summed E-state index contributed by atoms with van der Waals surface area (Å²) in [7, 11) is 0. The molecule has 3 aromatic rings. The van der Waals surface area contributed by atoms with Crippen molar-refractivity contribution in [2.75, 3.05) is 31.1 Å². The molecule has 7 nitrogen and oxygen atoms in total. The SMILES string of the molecule is N#Cc1ccc(CN2CCC(NC(=O)c3ccc(OC4CCN(c5ccc(C(F)(F)F)cc5)CC4)nc3)CC2)cc1. The number of hydrogen-bond acceptors (Lipinski definition) is 6. The molecule has 214 valence electrons. The van der Waals surface area contributed by atoms with Gasteiger partial charge in [0.05, 0.1) is 22.8 Å². The van der Waals surface area contributed by atoms with Gasteiger partial charge < -0.3 is 15.0 Å². The van der Waals surface area contributed by atoms with Gasteiger partial charge in [0, 0.05) is 69.6 Å². The van der Waals surface area contributed by atoms with Gasteiger partial charge in [0.1, 0.15) is 6.10 Å². The van der Waals surface area contributed by atoms with Gasteiger partial charge in [-0.05, 0) is 60.9 Å². The fourth-order valence-corrected chi connectivity index (χ4v) is 5.30. The number of rotatable bonds is 7. The summed E-state index contributed by atoms with van der Waals surface area (Å²) in [5.41, 5.74) is 2.43. The van der Waals surface area contributed by atoms with Crippen molar-refractivity contribution in [3.8, 4) is 11.9 Å². The number of benzene rings is 2. The van der Waals surface area contributed by atoms with E-state index < -0.39 is 11.7 Å². The molecular weight excluding hydrogens is 531 g/mol. The van der Waals surface area contributed by atoms with Gasteiger partial charge in [-0.1, -0.05) is 12.1 Å². The Morgan fingerprint density at radius 1 is 0.951 bits per heavy atom. The number of nitrogens with zero attached hydrogens (tertiary/aromatic N) is 4. The van der Waals surface area contributed by atoms with E-state index in [0.717, 1.165) is 63.1 Å².